The van der Waals surface area contributed by atoms with E-state index in [1.807, 2.05) is 0 Å². The Morgan fingerprint density at radius 2 is 2.11 bits per heavy atom. The molecule has 0 amide bonds. The maximum atomic E-state index is 13.7. The van der Waals surface area contributed by atoms with E-state index < -0.39 is 0 Å². The first-order valence-corrected chi connectivity index (χ1v) is 6.88. The van der Waals surface area contributed by atoms with Crippen LogP contribution in [0.1, 0.15) is 31.2 Å². The summed E-state index contributed by atoms with van der Waals surface area (Å²) in [6, 6.07) is 5.40. The molecule has 18 heavy (non-hydrogen) atoms. The molecule has 0 bridgehead atoms. The maximum absolute atomic E-state index is 13.7. The van der Waals surface area contributed by atoms with Gasteiger partial charge in [0.25, 0.3) is 0 Å². The van der Waals surface area contributed by atoms with Crippen LogP contribution in [0.15, 0.2) is 18.2 Å². The molecule has 1 aromatic rings. The van der Waals surface area contributed by atoms with Crippen LogP contribution in [0, 0.1) is 5.82 Å². The van der Waals surface area contributed by atoms with Crippen molar-refractivity contribution in [3.05, 3.63) is 34.6 Å². The van der Waals surface area contributed by atoms with Gasteiger partial charge in [0.05, 0.1) is 0 Å². The van der Waals surface area contributed by atoms with E-state index in [2.05, 4.69) is 4.90 Å². The lowest BCUT2D eigenvalue weighted by atomic mass is 10.2. The van der Waals surface area contributed by atoms with E-state index in [0.717, 1.165) is 19.4 Å². The highest BCUT2D eigenvalue weighted by Gasteiger charge is 2.29. The van der Waals surface area contributed by atoms with Crippen molar-refractivity contribution in [2.45, 2.75) is 38.3 Å². The lowest BCUT2D eigenvalue weighted by molar-refractivity contribution is 0.226. The van der Waals surface area contributed by atoms with Crippen LogP contribution in [-0.4, -0.2) is 29.2 Å². The average Bonchev–Trinajstić information content (AvgIpc) is 3.16. The minimum absolute atomic E-state index is 0.221. The summed E-state index contributed by atoms with van der Waals surface area (Å²) in [5, 5.41) is 9.31. The van der Waals surface area contributed by atoms with Crippen molar-refractivity contribution in [3.8, 4) is 0 Å². The minimum Gasteiger partial charge on any atom is -0.396 e. The van der Waals surface area contributed by atoms with Crippen LogP contribution in [0.3, 0.4) is 0 Å². The summed E-state index contributed by atoms with van der Waals surface area (Å²) < 4.78 is 13.7. The number of hydrogen-bond acceptors (Lipinski definition) is 2. The summed E-state index contributed by atoms with van der Waals surface area (Å²) in [6.45, 7) is 1.69. The molecule has 1 aliphatic rings. The smallest absolute Gasteiger partial charge is 0.129 e. The number of halogens is 2. The summed E-state index contributed by atoms with van der Waals surface area (Å²) in [4.78, 5) is 2.28. The predicted octanol–water partition coefficient (Wildman–Crippen LogP) is 3.22. The van der Waals surface area contributed by atoms with Crippen molar-refractivity contribution in [3.63, 3.8) is 0 Å². The second-order valence-corrected chi connectivity index (χ2v) is 5.24. The Kier molecular flexibility index (Phi) is 4.98. The van der Waals surface area contributed by atoms with E-state index in [0.29, 0.717) is 23.2 Å². The van der Waals surface area contributed by atoms with Crippen LogP contribution < -0.4 is 0 Å². The summed E-state index contributed by atoms with van der Waals surface area (Å²) >= 11 is 6.05. The van der Waals surface area contributed by atoms with Gasteiger partial charge in [0, 0.05) is 29.8 Å². The molecule has 1 aromatic carbocycles. The number of aliphatic hydroxyl groups is 1. The lowest BCUT2D eigenvalue weighted by Gasteiger charge is -2.22. The molecule has 0 spiro atoms. The van der Waals surface area contributed by atoms with E-state index in [1.54, 1.807) is 12.1 Å². The fourth-order valence-electron chi connectivity index (χ4n) is 2.14. The highest BCUT2D eigenvalue weighted by Crippen LogP contribution is 2.30. The zero-order chi connectivity index (χ0) is 13.0. The molecule has 4 heteroatoms. The van der Waals surface area contributed by atoms with Crippen LogP contribution >= 0.6 is 11.6 Å². The largest absolute Gasteiger partial charge is 0.396 e. The first kappa shape index (κ1) is 13.8. The Hall–Kier alpha value is -0.640. The van der Waals surface area contributed by atoms with Gasteiger partial charge in [0.1, 0.15) is 5.82 Å². The second-order valence-electron chi connectivity index (χ2n) is 4.83. The molecule has 0 saturated heterocycles. The van der Waals surface area contributed by atoms with Gasteiger partial charge in [-0.15, -0.1) is 0 Å². The standard InChI is InChI=1S/C14H19ClFNO/c15-13-4-3-5-14(16)12(13)10-17(11-6-7-11)8-1-2-9-18/h3-5,11,18H,1-2,6-10H2. The fourth-order valence-corrected chi connectivity index (χ4v) is 2.37. The molecule has 2 rings (SSSR count). The molecule has 1 fully saturated rings. The second kappa shape index (κ2) is 6.50. The van der Waals surface area contributed by atoms with Gasteiger partial charge in [-0.2, -0.15) is 0 Å². The predicted molar refractivity (Wildman–Crippen MR) is 71.2 cm³/mol. The molecule has 0 heterocycles. The normalized spacial score (nSPS) is 15.3. The number of rotatable bonds is 7. The molecule has 100 valence electrons. The van der Waals surface area contributed by atoms with E-state index in [4.69, 9.17) is 16.7 Å². The van der Waals surface area contributed by atoms with Gasteiger partial charge in [-0.1, -0.05) is 17.7 Å². The van der Waals surface area contributed by atoms with Gasteiger partial charge >= 0.3 is 0 Å². The molecule has 0 unspecified atom stereocenters. The first-order valence-electron chi connectivity index (χ1n) is 6.50. The molecule has 0 radical (unpaired) electrons. The number of unbranched alkanes of at least 4 members (excludes halogenated alkanes) is 1. The summed E-state index contributed by atoms with van der Waals surface area (Å²) in [5.41, 5.74) is 0.593. The molecule has 0 atom stereocenters. The Morgan fingerprint density at radius 3 is 2.72 bits per heavy atom. The van der Waals surface area contributed by atoms with Crippen molar-refractivity contribution in [2.75, 3.05) is 13.2 Å². The number of hydrogen-bond donors (Lipinski definition) is 1. The SMILES string of the molecule is OCCCCN(Cc1c(F)cccc1Cl)C1CC1. The lowest BCUT2D eigenvalue weighted by Crippen LogP contribution is -2.27. The van der Waals surface area contributed by atoms with Crippen molar-refractivity contribution in [2.24, 2.45) is 0 Å². The Morgan fingerprint density at radius 1 is 1.33 bits per heavy atom. The Labute approximate surface area is 112 Å². The highest BCUT2D eigenvalue weighted by molar-refractivity contribution is 6.31. The molecule has 1 saturated carbocycles. The minimum atomic E-state index is -0.227. The van der Waals surface area contributed by atoms with Gasteiger partial charge < -0.3 is 5.11 Å². The summed E-state index contributed by atoms with van der Waals surface area (Å²) in [5.74, 6) is -0.227. The zero-order valence-corrected chi connectivity index (χ0v) is 11.2. The molecule has 1 aliphatic carbocycles. The topological polar surface area (TPSA) is 23.5 Å². The number of aliphatic hydroxyl groups excluding tert-OH is 1. The van der Waals surface area contributed by atoms with Crippen molar-refractivity contribution >= 4 is 11.6 Å². The van der Waals surface area contributed by atoms with Gasteiger partial charge in [-0.05, 0) is 44.4 Å². The van der Waals surface area contributed by atoms with E-state index >= 15 is 0 Å². The summed E-state index contributed by atoms with van der Waals surface area (Å²) in [7, 11) is 0. The number of nitrogens with zero attached hydrogens (tertiary/aromatic N) is 1. The molecule has 2 nitrogen and oxygen atoms in total. The van der Waals surface area contributed by atoms with Crippen LogP contribution in [0.5, 0.6) is 0 Å². The molecule has 0 aliphatic heterocycles. The number of benzene rings is 1. The highest BCUT2D eigenvalue weighted by atomic mass is 35.5. The Bertz CT molecular complexity index is 375. The molecular formula is C14H19ClFNO. The third kappa shape index (κ3) is 3.67. The van der Waals surface area contributed by atoms with E-state index in [-0.39, 0.29) is 12.4 Å². The fraction of sp³-hybridized carbons (Fsp3) is 0.571. The van der Waals surface area contributed by atoms with Gasteiger partial charge in [-0.25, -0.2) is 4.39 Å². The molecule has 0 aromatic heterocycles. The van der Waals surface area contributed by atoms with Crippen molar-refractivity contribution < 1.29 is 9.50 Å². The van der Waals surface area contributed by atoms with Crippen LogP contribution in [0.2, 0.25) is 5.02 Å². The zero-order valence-electron chi connectivity index (χ0n) is 10.4. The third-order valence-corrected chi connectivity index (χ3v) is 3.69. The van der Waals surface area contributed by atoms with E-state index in [9.17, 15) is 4.39 Å². The maximum Gasteiger partial charge on any atom is 0.129 e. The Balaban J connectivity index is 1.99. The van der Waals surface area contributed by atoms with Crippen molar-refractivity contribution in [1.82, 2.24) is 4.90 Å². The van der Waals surface area contributed by atoms with E-state index in [1.165, 1.54) is 18.9 Å². The van der Waals surface area contributed by atoms with Crippen molar-refractivity contribution in [1.29, 1.82) is 0 Å². The average molecular weight is 272 g/mol. The van der Waals surface area contributed by atoms with Crippen LogP contribution in [-0.2, 0) is 6.54 Å². The summed E-state index contributed by atoms with van der Waals surface area (Å²) in [6.07, 6.45) is 4.11. The van der Waals surface area contributed by atoms with Gasteiger partial charge in [0.2, 0.25) is 0 Å². The first-order chi connectivity index (χ1) is 8.72. The monoisotopic (exact) mass is 271 g/mol. The van der Waals surface area contributed by atoms with Crippen LogP contribution in [0.4, 0.5) is 4.39 Å². The quantitative estimate of drug-likeness (QED) is 0.770. The molecular weight excluding hydrogens is 253 g/mol. The third-order valence-electron chi connectivity index (χ3n) is 3.34. The van der Waals surface area contributed by atoms with Crippen LogP contribution in [0.25, 0.3) is 0 Å². The molecule has 1 N–H and O–H groups in total. The van der Waals surface area contributed by atoms with Gasteiger partial charge in [0.15, 0.2) is 0 Å². The van der Waals surface area contributed by atoms with Gasteiger partial charge in [-0.3, -0.25) is 4.90 Å².